The van der Waals surface area contributed by atoms with E-state index in [1.165, 1.54) is 0 Å². The van der Waals surface area contributed by atoms with E-state index < -0.39 is 0 Å². The molecule has 4 heteroatoms. The van der Waals surface area contributed by atoms with Gasteiger partial charge in [-0.25, -0.2) is 4.98 Å². The predicted molar refractivity (Wildman–Crippen MR) is 56.7 cm³/mol. The fraction of sp³-hybridized carbons (Fsp3) is 0. The maximum atomic E-state index is 5.86. The molecule has 0 aliphatic heterocycles. The summed E-state index contributed by atoms with van der Waals surface area (Å²) in [5, 5.41) is 0.715. The Morgan fingerprint density at radius 1 is 1.38 bits per heavy atom. The van der Waals surface area contributed by atoms with Gasteiger partial charge < -0.3 is 4.98 Å². The highest BCUT2D eigenvalue weighted by Crippen LogP contribution is 2.26. The first kappa shape index (κ1) is 8.78. The normalized spacial score (nSPS) is 10.3. The Kier molecular flexibility index (Phi) is 2.38. The second-order valence-corrected chi connectivity index (χ2v) is 3.80. The average molecular weight is 258 g/mol. The SMILES string of the molecule is Clc1cccc(-c2nc[nH]c2Br)c1. The summed E-state index contributed by atoms with van der Waals surface area (Å²) in [5.74, 6) is 0. The first-order chi connectivity index (χ1) is 6.27. The molecule has 0 aliphatic rings. The van der Waals surface area contributed by atoms with Gasteiger partial charge in [-0.15, -0.1) is 0 Å². The molecule has 2 nitrogen and oxygen atoms in total. The van der Waals surface area contributed by atoms with Crippen molar-refractivity contribution in [3.63, 3.8) is 0 Å². The largest absolute Gasteiger partial charge is 0.339 e. The van der Waals surface area contributed by atoms with Crippen LogP contribution in [0.2, 0.25) is 5.02 Å². The first-order valence-electron chi connectivity index (χ1n) is 3.72. The predicted octanol–water partition coefficient (Wildman–Crippen LogP) is 3.49. The van der Waals surface area contributed by atoms with Crippen LogP contribution in [0.3, 0.4) is 0 Å². The summed E-state index contributed by atoms with van der Waals surface area (Å²) in [7, 11) is 0. The Bertz CT molecular complexity index is 425. The number of hydrogen-bond acceptors (Lipinski definition) is 1. The first-order valence-corrected chi connectivity index (χ1v) is 4.89. The Morgan fingerprint density at radius 2 is 2.23 bits per heavy atom. The van der Waals surface area contributed by atoms with Gasteiger partial charge in [-0.2, -0.15) is 0 Å². The van der Waals surface area contributed by atoms with Gasteiger partial charge >= 0.3 is 0 Å². The summed E-state index contributed by atoms with van der Waals surface area (Å²) in [6, 6.07) is 7.58. The lowest BCUT2D eigenvalue weighted by atomic mass is 10.2. The number of aromatic amines is 1. The smallest absolute Gasteiger partial charge is 0.110 e. The lowest BCUT2D eigenvalue weighted by Gasteiger charge is -1.97. The van der Waals surface area contributed by atoms with Crippen LogP contribution in [0.25, 0.3) is 11.3 Å². The molecule has 13 heavy (non-hydrogen) atoms. The molecule has 0 aliphatic carbocycles. The van der Waals surface area contributed by atoms with Crippen molar-refractivity contribution in [2.45, 2.75) is 0 Å². The highest BCUT2D eigenvalue weighted by atomic mass is 79.9. The van der Waals surface area contributed by atoms with Crippen LogP contribution in [0.5, 0.6) is 0 Å². The van der Waals surface area contributed by atoms with Gasteiger partial charge in [0, 0.05) is 10.6 Å². The lowest BCUT2D eigenvalue weighted by molar-refractivity contribution is 1.30. The molecule has 0 saturated carbocycles. The lowest BCUT2D eigenvalue weighted by Crippen LogP contribution is -1.77. The maximum Gasteiger partial charge on any atom is 0.110 e. The van der Waals surface area contributed by atoms with Crippen molar-refractivity contribution in [1.82, 2.24) is 9.97 Å². The van der Waals surface area contributed by atoms with Gasteiger partial charge in [0.1, 0.15) is 10.3 Å². The average Bonchev–Trinajstić information content (AvgIpc) is 2.51. The van der Waals surface area contributed by atoms with E-state index in [1.807, 2.05) is 24.3 Å². The number of halogens is 2. The molecular formula is C9H6BrClN2. The van der Waals surface area contributed by atoms with E-state index in [0.29, 0.717) is 5.02 Å². The molecule has 1 N–H and O–H groups in total. The Labute approximate surface area is 89.1 Å². The van der Waals surface area contributed by atoms with E-state index in [2.05, 4.69) is 25.9 Å². The number of nitrogens with one attached hydrogen (secondary N) is 1. The van der Waals surface area contributed by atoms with Crippen molar-refractivity contribution in [3.05, 3.63) is 40.2 Å². The summed E-state index contributed by atoms with van der Waals surface area (Å²) < 4.78 is 0.870. The minimum atomic E-state index is 0.715. The van der Waals surface area contributed by atoms with Crippen molar-refractivity contribution in [2.75, 3.05) is 0 Å². The number of rotatable bonds is 1. The summed E-state index contributed by atoms with van der Waals surface area (Å²) in [6.45, 7) is 0. The fourth-order valence-corrected chi connectivity index (χ4v) is 1.74. The number of nitrogens with zero attached hydrogens (tertiary/aromatic N) is 1. The van der Waals surface area contributed by atoms with Gasteiger partial charge in [0.25, 0.3) is 0 Å². The highest BCUT2D eigenvalue weighted by Gasteiger charge is 2.04. The molecule has 1 aromatic heterocycles. The van der Waals surface area contributed by atoms with Crippen LogP contribution in [0.1, 0.15) is 0 Å². The summed E-state index contributed by atoms with van der Waals surface area (Å²) in [4.78, 5) is 7.12. The molecule has 1 aromatic carbocycles. The van der Waals surface area contributed by atoms with Crippen molar-refractivity contribution >= 4 is 27.5 Å². The van der Waals surface area contributed by atoms with E-state index in [0.717, 1.165) is 15.9 Å². The number of hydrogen-bond donors (Lipinski definition) is 1. The molecule has 0 radical (unpaired) electrons. The summed E-state index contributed by atoms with van der Waals surface area (Å²) in [6.07, 6.45) is 1.64. The molecule has 2 rings (SSSR count). The third-order valence-electron chi connectivity index (χ3n) is 1.69. The molecule has 0 bridgehead atoms. The maximum absolute atomic E-state index is 5.86. The second-order valence-electron chi connectivity index (χ2n) is 2.58. The molecule has 2 aromatic rings. The molecule has 0 fully saturated rings. The van der Waals surface area contributed by atoms with Gasteiger partial charge in [0.2, 0.25) is 0 Å². The van der Waals surface area contributed by atoms with Crippen LogP contribution >= 0.6 is 27.5 Å². The Hall–Kier alpha value is -0.800. The van der Waals surface area contributed by atoms with Crippen LogP contribution in [0.15, 0.2) is 35.2 Å². The Morgan fingerprint density at radius 3 is 2.85 bits per heavy atom. The minimum absolute atomic E-state index is 0.715. The Balaban J connectivity index is 2.53. The molecule has 0 atom stereocenters. The number of benzene rings is 1. The standard InChI is InChI=1S/C9H6BrClN2/c10-9-8(12-5-13-9)6-2-1-3-7(11)4-6/h1-5H,(H,12,13). The fourth-order valence-electron chi connectivity index (χ4n) is 1.12. The molecule has 66 valence electrons. The van der Waals surface area contributed by atoms with Crippen molar-refractivity contribution in [2.24, 2.45) is 0 Å². The molecule has 0 spiro atoms. The number of aromatic nitrogens is 2. The van der Waals surface area contributed by atoms with Gasteiger partial charge in [0.05, 0.1) is 6.33 Å². The minimum Gasteiger partial charge on any atom is -0.339 e. The summed E-state index contributed by atoms with van der Waals surface area (Å²) in [5.41, 5.74) is 1.88. The second kappa shape index (κ2) is 3.52. The highest BCUT2D eigenvalue weighted by molar-refractivity contribution is 9.10. The zero-order valence-electron chi connectivity index (χ0n) is 6.59. The molecule has 0 saturated heterocycles. The monoisotopic (exact) mass is 256 g/mol. The zero-order chi connectivity index (χ0) is 9.26. The van der Waals surface area contributed by atoms with E-state index in [1.54, 1.807) is 6.33 Å². The molecule has 0 unspecified atom stereocenters. The topological polar surface area (TPSA) is 28.7 Å². The third kappa shape index (κ3) is 1.76. The van der Waals surface area contributed by atoms with E-state index in [4.69, 9.17) is 11.6 Å². The van der Waals surface area contributed by atoms with Gasteiger partial charge in [0.15, 0.2) is 0 Å². The third-order valence-corrected chi connectivity index (χ3v) is 2.53. The van der Waals surface area contributed by atoms with Crippen LogP contribution < -0.4 is 0 Å². The van der Waals surface area contributed by atoms with Crippen molar-refractivity contribution in [3.8, 4) is 11.3 Å². The number of H-pyrrole nitrogens is 1. The van der Waals surface area contributed by atoms with Crippen molar-refractivity contribution < 1.29 is 0 Å². The van der Waals surface area contributed by atoms with Gasteiger partial charge in [-0.1, -0.05) is 23.7 Å². The zero-order valence-corrected chi connectivity index (χ0v) is 8.93. The van der Waals surface area contributed by atoms with E-state index in [-0.39, 0.29) is 0 Å². The van der Waals surface area contributed by atoms with E-state index >= 15 is 0 Å². The number of imidazole rings is 1. The van der Waals surface area contributed by atoms with Gasteiger partial charge in [-0.05, 0) is 28.1 Å². The van der Waals surface area contributed by atoms with Crippen LogP contribution in [-0.4, -0.2) is 9.97 Å². The van der Waals surface area contributed by atoms with Gasteiger partial charge in [-0.3, -0.25) is 0 Å². The van der Waals surface area contributed by atoms with Crippen molar-refractivity contribution in [1.29, 1.82) is 0 Å². The van der Waals surface area contributed by atoms with Crippen LogP contribution in [-0.2, 0) is 0 Å². The molecule has 1 heterocycles. The van der Waals surface area contributed by atoms with Crippen LogP contribution in [0, 0.1) is 0 Å². The molecular weight excluding hydrogens is 251 g/mol. The molecule has 0 amide bonds. The summed E-state index contributed by atoms with van der Waals surface area (Å²) >= 11 is 9.23. The van der Waals surface area contributed by atoms with Crippen LogP contribution in [0.4, 0.5) is 0 Å². The quantitative estimate of drug-likeness (QED) is 0.832. The van der Waals surface area contributed by atoms with E-state index in [9.17, 15) is 0 Å².